The van der Waals surface area contributed by atoms with Crippen LogP contribution < -0.4 is 10.6 Å². The van der Waals surface area contributed by atoms with Gasteiger partial charge in [-0.25, -0.2) is 4.79 Å². The number of amides is 2. The average molecular weight is 399 g/mol. The molecule has 0 bridgehead atoms. The van der Waals surface area contributed by atoms with E-state index in [0.29, 0.717) is 12.4 Å². The maximum absolute atomic E-state index is 12.2. The highest BCUT2D eigenvalue weighted by Crippen LogP contribution is 2.22. The van der Waals surface area contributed by atoms with Crippen LogP contribution in [0.4, 0.5) is 10.6 Å². The molecule has 0 fully saturated rings. The Morgan fingerprint density at radius 2 is 1.84 bits per heavy atom. The number of rotatable bonds is 5. The van der Waals surface area contributed by atoms with E-state index in [-0.39, 0.29) is 12.1 Å². The predicted molar refractivity (Wildman–Crippen MR) is 102 cm³/mol. The van der Waals surface area contributed by atoms with Gasteiger partial charge in [-0.3, -0.25) is 10.00 Å². The van der Waals surface area contributed by atoms with Gasteiger partial charge in [-0.05, 0) is 24.1 Å². The molecule has 1 unspecified atom stereocenters. The van der Waals surface area contributed by atoms with Crippen LogP contribution in [-0.4, -0.2) is 15.8 Å². The minimum absolute atomic E-state index is 0.123. The molecule has 5 nitrogen and oxygen atoms in total. The fourth-order valence-corrected chi connectivity index (χ4v) is 3.17. The van der Waals surface area contributed by atoms with Gasteiger partial charge in [-0.1, -0.05) is 64.5 Å². The third-order valence-corrected chi connectivity index (χ3v) is 4.51. The molecule has 0 saturated carbocycles. The fraction of sp³-hybridized carbons (Fsp3) is 0.158. The van der Waals surface area contributed by atoms with Gasteiger partial charge in [0.1, 0.15) is 0 Å². The molecule has 0 aliphatic carbocycles. The molecule has 0 radical (unpaired) electrons. The van der Waals surface area contributed by atoms with E-state index in [4.69, 9.17) is 0 Å². The Bertz CT molecular complexity index is 847. The lowest BCUT2D eigenvalue weighted by atomic mass is 10.1. The van der Waals surface area contributed by atoms with Crippen molar-refractivity contribution in [3.05, 3.63) is 82.5 Å². The van der Waals surface area contributed by atoms with Crippen LogP contribution in [0.25, 0.3) is 0 Å². The van der Waals surface area contributed by atoms with Crippen LogP contribution in [0, 0.1) is 0 Å². The summed E-state index contributed by atoms with van der Waals surface area (Å²) >= 11 is 3.50. The fourth-order valence-electron chi connectivity index (χ4n) is 2.54. The Hall–Kier alpha value is -2.60. The van der Waals surface area contributed by atoms with Gasteiger partial charge < -0.3 is 5.32 Å². The van der Waals surface area contributed by atoms with Gasteiger partial charge >= 0.3 is 6.03 Å². The highest BCUT2D eigenvalue weighted by atomic mass is 79.9. The predicted octanol–water partition coefficient (Wildman–Crippen LogP) is 4.58. The maximum atomic E-state index is 12.2. The molecule has 0 aliphatic heterocycles. The molecule has 2 amide bonds. The number of nitrogens with zero attached hydrogens (tertiary/aromatic N) is 2. The van der Waals surface area contributed by atoms with Gasteiger partial charge in [0.05, 0.1) is 12.6 Å². The number of carbonyl (C=O) groups excluding carboxylic acids is 1. The second-order valence-corrected chi connectivity index (χ2v) is 6.58. The second-order valence-electron chi connectivity index (χ2n) is 5.73. The van der Waals surface area contributed by atoms with Crippen LogP contribution in [0.2, 0.25) is 0 Å². The molecule has 3 rings (SSSR count). The molecule has 0 spiro atoms. The first-order valence-electron chi connectivity index (χ1n) is 8.01. The molecule has 0 aliphatic rings. The first-order valence-corrected chi connectivity index (χ1v) is 8.80. The molecular formula is C19H19BrN4O. The molecule has 1 atom stereocenters. The average Bonchev–Trinajstić information content (AvgIpc) is 3.02. The van der Waals surface area contributed by atoms with Gasteiger partial charge in [-0.15, -0.1) is 0 Å². The quantitative estimate of drug-likeness (QED) is 0.660. The molecule has 0 saturated heterocycles. The van der Waals surface area contributed by atoms with Crippen molar-refractivity contribution in [2.75, 3.05) is 5.32 Å². The monoisotopic (exact) mass is 398 g/mol. The Labute approximate surface area is 155 Å². The van der Waals surface area contributed by atoms with E-state index < -0.39 is 0 Å². The molecule has 2 N–H and O–H groups in total. The summed E-state index contributed by atoms with van der Waals surface area (Å²) in [6, 6.07) is 19.3. The third kappa shape index (κ3) is 4.70. The standard InChI is InChI=1S/C19H19BrN4O/c1-14(16-9-5-6-10-17(16)20)21-19(25)22-18-11-12-24(23-18)13-15-7-3-2-4-8-15/h2-12,14H,13H2,1H3,(H2,21,22,23,25). The summed E-state index contributed by atoms with van der Waals surface area (Å²) in [6.07, 6.45) is 1.85. The summed E-state index contributed by atoms with van der Waals surface area (Å²) in [5.41, 5.74) is 2.18. The van der Waals surface area contributed by atoms with E-state index in [9.17, 15) is 4.79 Å². The Morgan fingerprint density at radius 3 is 2.60 bits per heavy atom. The van der Waals surface area contributed by atoms with Crippen LogP contribution in [0.3, 0.4) is 0 Å². The van der Waals surface area contributed by atoms with Crippen LogP contribution in [-0.2, 0) is 6.54 Å². The number of aromatic nitrogens is 2. The topological polar surface area (TPSA) is 59.0 Å². The number of halogens is 1. The SMILES string of the molecule is CC(NC(=O)Nc1ccn(Cc2ccccc2)n1)c1ccccc1Br. The van der Waals surface area contributed by atoms with Gasteiger partial charge in [0.25, 0.3) is 0 Å². The number of nitrogens with one attached hydrogen (secondary N) is 2. The van der Waals surface area contributed by atoms with Crippen molar-refractivity contribution < 1.29 is 4.79 Å². The summed E-state index contributed by atoms with van der Waals surface area (Å²) < 4.78 is 2.76. The van der Waals surface area contributed by atoms with E-state index in [1.807, 2.05) is 67.7 Å². The normalized spacial score (nSPS) is 11.8. The molecule has 3 aromatic rings. The van der Waals surface area contributed by atoms with Crippen molar-refractivity contribution in [1.29, 1.82) is 0 Å². The molecule has 1 aromatic heterocycles. The number of hydrogen-bond donors (Lipinski definition) is 2. The summed E-state index contributed by atoms with van der Waals surface area (Å²) in [5, 5.41) is 10.1. The molecule has 128 valence electrons. The number of anilines is 1. The van der Waals surface area contributed by atoms with Crippen LogP contribution in [0.1, 0.15) is 24.1 Å². The zero-order chi connectivity index (χ0) is 17.6. The zero-order valence-corrected chi connectivity index (χ0v) is 15.4. The third-order valence-electron chi connectivity index (χ3n) is 3.79. The second kappa shape index (κ2) is 7.98. The first kappa shape index (κ1) is 17.2. The number of urea groups is 1. The minimum atomic E-state index is -0.284. The van der Waals surface area contributed by atoms with Gasteiger partial charge in [-0.2, -0.15) is 5.10 Å². The van der Waals surface area contributed by atoms with Crippen LogP contribution in [0.15, 0.2) is 71.3 Å². The van der Waals surface area contributed by atoms with Crippen molar-refractivity contribution >= 4 is 27.8 Å². The number of carbonyl (C=O) groups is 1. The molecular weight excluding hydrogens is 380 g/mol. The Balaban J connectivity index is 1.57. The van der Waals surface area contributed by atoms with E-state index in [0.717, 1.165) is 15.6 Å². The Morgan fingerprint density at radius 1 is 1.12 bits per heavy atom. The minimum Gasteiger partial charge on any atom is -0.331 e. The van der Waals surface area contributed by atoms with E-state index in [2.05, 4.69) is 31.7 Å². The van der Waals surface area contributed by atoms with Gasteiger partial charge in [0.2, 0.25) is 0 Å². The smallest absolute Gasteiger partial charge is 0.320 e. The van der Waals surface area contributed by atoms with Gasteiger partial charge in [0.15, 0.2) is 5.82 Å². The number of benzene rings is 2. The van der Waals surface area contributed by atoms with Crippen LogP contribution >= 0.6 is 15.9 Å². The van der Waals surface area contributed by atoms with Crippen LogP contribution in [0.5, 0.6) is 0 Å². The molecule has 25 heavy (non-hydrogen) atoms. The Kier molecular flexibility index (Phi) is 5.50. The maximum Gasteiger partial charge on any atom is 0.320 e. The molecule has 1 heterocycles. The first-order chi connectivity index (χ1) is 12.1. The van der Waals surface area contributed by atoms with E-state index in [1.165, 1.54) is 0 Å². The van der Waals surface area contributed by atoms with Crippen molar-refractivity contribution in [2.24, 2.45) is 0 Å². The molecule has 6 heteroatoms. The lowest BCUT2D eigenvalue weighted by Gasteiger charge is -2.15. The summed E-state index contributed by atoms with van der Waals surface area (Å²) in [5.74, 6) is 0.521. The summed E-state index contributed by atoms with van der Waals surface area (Å²) in [7, 11) is 0. The summed E-state index contributed by atoms with van der Waals surface area (Å²) in [6.45, 7) is 2.60. The van der Waals surface area contributed by atoms with Crippen molar-refractivity contribution in [3.8, 4) is 0 Å². The number of hydrogen-bond acceptors (Lipinski definition) is 2. The lowest BCUT2D eigenvalue weighted by molar-refractivity contribution is 0.249. The zero-order valence-electron chi connectivity index (χ0n) is 13.8. The van der Waals surface area contributed by atoms with Crippen molar-refractivity contribution in [3.63, 3.8) is 0 Å². The summed E-state index contributed by atoms with van der Waals surface area (Å²) in [4.78, 5) is 12.2. The largest absolute Gasteiger partial charge is 0.331 e. The van der Waals surface area contributed by atoms with E-state index >= 15 is 0 Å². The van der Waals surface area contributed by atoms with E-state index in [1.54, 1.807) is 10.7 Å². The molecule has 2 aromatic carbocycles. The highest BCUT2D eigenvalue weighted by molar-refractivity contribution is 9.10. The van der Waals surface area contributed by atoms with Crippen molar-refractivity contribution in [2.45, 2.75) is 19.5 Å². The highest BCUT2D eigenvalue weighted by Gasteiger charge is 2.12. The van der Waals surface area contributed by atoms with Crippen molar-refractivity contribution in [1.82, 2.24) is 15.1 Å². The lowest BCUT2D eigenvalue weighted by Crippen LogP contribution is -2.31. The van der Waals surface area contributed by atoms with Gasteiger partial charge in [0, 0.05) is 16.7 Å².